The number of hydrogen-bond donors (Lipinski definition) is 1. The molecule has 0 saturated heterocycles. The zero-order valence-electron chi connectivity index (χ0n) is 15.2. The van der Waals surface area contributed by atoms with Gasteiger partial charge in [-0.05, 0) is 29.3 Å². The minimum Gasteiger partial charge on any atom is -0.493 e. The molecule has 0 radical (unpaired) electrons. The Morgan fingerprint density at radius 3 is 2.30 bits per heavy atom. The molecule has 3 aromatic carbocycles. The summed E-state index contributed by atoms with van der Waals surface area (Å²) in [5.74, 6) is 1.87. The van der Waals surface area contributed by atoms with Crippen molar-refractivity contribution < 1.29 is 14.2 Å². The fourth-order valence-electron chi connectivity index (χ4n) is 2.78. The van der Waals surface area contributed by atoms with Gasteiger partial charge >= 0.3 is 0 Å². The second-order valence-electron chi connectivity index (χ2n) is 5.87. The van der Waals surface area contributed by atoms with Gasteiger partial charge in [0.25, 0.3) is 0 Å². The van der Waals surface area contributed by atoms with Crippen molar-refractivity contribution in [1.82, 2.24) is 0 Å². The molecule has 0 aliphatic heterocycles. The van der Waals surface area contributed by atoms with E-state index in [1.807, 2.05) is 48.5 Å². The average Bonchev–Trinajstić information content (AvgIpc) is 2.72. The maximum atomic E-state index is 6.29. The van der Waals surface area contributed by atoms with Crippen molar-refractivity contribution in [2.45, 2.75) is 6.54 Å². The molecule has 0 fully saturated rings. The summed E-state index contributed by atoms with van der Waals surface area (Å²) < 4.78 is 17.1. The number of para-hydroxylation sites is 1. The highest BCUT2D eigenvalue weighted by Gasteiger charge is 2.12. The van der Waals surface area contributed by atoms with Gasteiger partial charge in [0, 0.05) is 12.1 Å². The van der Waals surface area contributed by atoms with E-state index < -0.39 is 0 Å². The van der Waals surface area contributed by atoms with E-state index in [1.165, 1.54) is 0 Å². The molecular weight excluding hydrogens is 362 g/mol. The second-order valence-corrected chi connectivity index (χ2v) is 6.28. The van der Waals surface area contributed by atoms with E-state index in [9.17, 15) is 0 Å². The van der Waals surface area contributed by atoms with Crippen molar-refractivity contribution in [1.29, 1.82) is 0 Å². The van der Waals surface area contributed by atoms with Gasteiger partial charge in [-0.2, -0.15) is 0 Å². The molecule has 0 unspecified atom stereocenters. The third-order valence-electron chi connectivity index (χ3n) is 4.08. The minimum atomic E-state index is 0.334. The first-order valence-corrected chi connectivity index (χ1v) is 9.07. The third kappa shape index (κ3) is 4.73. The van der Waals surface area contributed by atoms with Crippen molar-refractivity contribution in [3.63, 3.8) is 0 Å². The number of ether oxygens (including phenoxy) is 3. The van der Waals surface area contributed by atoms with Crippen LogP contribution in [0.5, 0.6) is 17.2 Å². The van der Waals surface area contributed by atoms with Crippen LogP contribution >= 0.6 is 11.6 Å². The van der Waals surface area contributed by atoms with E-state index in [0.29, 0.717) is 36.3 Å². The van der Waals surface area contributed by atoms with Crippen LogP contribution in [0.4, 0.5) is 0 Å². The Morgan fingerprint density at radius 2 is 1.56 bits per heavy atom. The molecule has 0 spiro atoms. The summed E-state index contributed by atoms with van der Waals surface area (Å²) in [6, 6.07) is 21.7. The highest BCUT2D eigenvalue weighted by molar-refractivity contribution is 6.32. The molecule has 140 valence electrons. The molecule has 5 heteroatoms. The molecule has 3 rings (SSSR count). The van der Waals surface area contributed by atoms with Gasteiger partial charge in [0.1, 0.15) is 19.0 Å². The Balaban J connectivity index is 1.65. The zero-order valence-corrected chi connectivity index (χ0v) is 15.9. The van der Waals surface area contributed by atoms with E-state index in [4.69, 9.17) is 31.5 Å². The Hall–Kier alpha value is -2.69. The van der Waals surface area contributed by atoms with Crippen LogP contribution in [0, 0.1) is 0 Å². The molecule has 0 saturated carbocycles. The fourth-order valence-corrected chi connectivity index (χ4v) is 3.06. The van der Waals surface area contributed by atoms with E-state index in [0.717, 1.165) is 22.4 Å². The van der Waals surface area contributed by atoms with E-state index in [2.05, 4.69) is 12.1 Å². The van der Waals surface area contributed by atoms with Crippen molar-refractivity contribution in [3.8, 4) is 28.4 Å². The summed E-state index contributed by atoms with van der Waals surface area (Å²) in [5.41, 5.74) is 8.70. The van der Waals surface area contributed by atoms with E-state index in [1.54, 1.807) is 13.2 Å². The normalized spacial score (nSPS) is 10.5. The van der Waals surface area contributed by atoms with Gasteiger partial charge in [-0.15, -0.1) is 0 Å². The average molecular weight is 384 g/mol. The molecule has 0 aliphatic carbocycles. The summed E-state index contributed by atoms with van der Waals surface area (Å²) in [6.07, 6.45) is 0. The first kappa shape index (κ1) is 19.1. The monoisotopic (exact) mass is 383 g/mol. The molecule has 0 atom stereocenters. The highest BCUT2D eigenvalue weighted by atomic mass is 35.5. The van der Waals surface area contributed by atoms with Crippen LogP contribution in [0.15, 0.2) is 66.7 Å². The quantitative estimate of drug-likeness (QED) is 0.560. The molecular formula is C22H22ClNO3. The van der Waals surface area contributed by atoms with Crippen LogP contribution in [0.2, 0.25) is 5.02 Å². The predicted molar refractivity (Wildman–Crippen MR) is 109 cm³/mol. The molecule has 2 N–H and O–H groups in total. The molecule has 0 aromatic heterocycles. The topological polar surface area (TPSA) is 53.7 Å². The number of hydrogen-bond acceptors (Lipinski definition) is 4. The lowest BCUT2D eigenvalue weighted by molar-refractivity contribution is 0.212. The summed E-state index contributed by atoms with van der Waals surface area (Å²) >= 11 is 6.29. The minimum absolute atomic E-state index is 0.334. The number of halogens is 1. The van der Waals surface area contributed by atoms with Gasteiger partial charge in [0.15, 0.2) is 11.5 Å². The summed E-state index contributed by atoms with van der Waals surface area (Å²) in [7, 11) is 1.57. The molecule has 4 nitrogen and oxygen atoms in total. The lowest BCUT2D eigenvalue weighted by Gasteiger charge is -2.15. The zero-order chi connectivity index (χ0) is 19.1. The maximum Gasteiger partial charge on any atom is 0.179 e. The van der Waals surface area contributed by atoms with E-state index >= 15 is 0 Å². The summed E-state index contributed by atoms with van der Waals surface area (Å²) in [6.45, 7) is 1.10. The van der Waals surface area contributed by atoms with Gasteiger partial charge in [0.05, 0.1) is 12.1 Å². The van der Waals surface area contributed by atoms with Crippen molar-refractivity contribution >= 4 is 11.6 Å². The lowest BCUT2D eigenvalue weighted by atomic mass is 10.1. The molecule has 0 amide bonds. The van der Waals surface area contributed by atoms with Crippen molar-refractivity contribution in [3.05, 3.63) is 77.3 Å². The highest BCUT2D eigenvalue weighted by Crippen LogP contribution is 2.36. The smallest absolute Gasteiger partial charge is 0.179 e. The Kier molecular flexibility index (Phi) is 6.58. The maximum absolute atomic E-state index is 6.29. The van der Waals surface area contributed by atoms with Crippen LogP contribution < -0.4 is 19.9 Å². The standard InChI is InChI=1S/C22H22ClNO3/c1-25-21-14-16(15-24)13-19(23)22(21)27-12-11-26-20-10-6-5-9-18(20)17-7-3-2-4-8-17/h2-10,13-14H,11-12,15,24H2,1H3. The van der Waals surface area contributed by atoms with Crippen LogP contribution in [0.1, 0.15) is 5.56 Å². The molecule has 3 aromatic rings. The molecule has 0 bridgehead atoms. The van der Waals surface area contributed by atoms with Crippen LogP contribution in [0.25, 0.3) is 11.1 Å². The first-order valence-electron chi connectivity index (χ1n) is 8.69. The van der Waals surface area contributed by atoms with Gasteiger partial charge in [-0.1, -0.05) is 60.1 Å². The summed E-state index contributed by atoms with van der Waals surface area (Å²) in [4.78, 5) is 0. The largest absolute Gasteiger partial charge is 0.493 e. The second kappa shape index (κ2) is 9.31. The van der Waals surface area contributed by atoms with Gasteiger partial charge in [-0.25, -0.2) is 0 Å². The predicted octanol–water partition coefficient (Wildman–Crippen LogP) is 4.93. The van der Waals surface area contributed by atoms with Crippen LogP contribution in [-0.2, 0) is 6.54 Å². The Bertz CT molecular complexity index is 884. The first-order chi connectivity index (χ1) is 13.2. The van der Waals surface area contributed by atoms with Gasteiger partial charge in [0.2, 0.25) is 0 Å². The SMILES string of the molecule is COc1cc(CN)cc(Cl)c1OCCOc1ccccc1-c1ccccc1. The summed E-state index contributed by atoms with van der Waals surface area (Å²) in [5, 5.41) is 0.472. The third-order valence-corrected chi connectivity index (χ3v) is 4.36. The van der Waals surface area contributed by atoms with Crippen LogP contribution in [-0.4, -0.2) is 20.3 Å². The van der Waals surface area contributed by atoms with Crippen molar-refractivity contribution in [2.75, 3.05) is 20.3 Å². The van der Waals surface area contributed by atoms with Crippen LogP contribution in [0.3, 0.4) is 0 Å². The Labute approximate surface area is 164 Å². The Morgan fingerprint density at radius 1 is 0.852 bits per heavy atom. The van der Waals surface area contributed by atoms with Crippen molar-refractivity contribution in [2.24, 2.45) is 5.73 Å². The molecule has 0 heterocycles. The van der Waals surface area contributed by atoms with Gasteiger partial charge in [-0.3, -0.25) is 0 Å². The number of nitrogens with two attached hydrogens (primary N) is 1. The molecule has 27 heavy (non-hydrogen) atoms. The van der Waals surface area contributed by atoms with Gasteiger partial charge < -0.3 is 19.9 Å². The van der Waals surface area contributed by atoms with E-state index in [-0.39, 0.29) is 0 Å². The lowest BCUT2D eigenvalue weighted by Crippen LogP contribution is -2.10. The number of rotatable bonds is 8. The number of methoxy groups -OCH3 is 1. The fraction of sp³-hybridized carbons (Fsp3) is 0.182. The molecule has 0 aliphatic rings. The number of benzene rings is 3.